The predicted octanol–water partition coefficient (Wildman–Crippen LogP) is 1.56. The van der Waals surface area contributed by atoms with Gasteiger partial charge in [0.25, 0.3) is 0 Å². The minimum atomic E-state index is -3.33. The van der Waals surface area contributed by atoms with Gasteiger partial charge in [-0.1, -0.05) is 0 Å². The highest BCUT2D eigenvalue weighted by Gasteiger charge is 2.14. The van der Waals surface area contributed by atoms with Gasteiger partial charge in [-0.25, -0.2) is 13.1 Å². The molecule has 1 rings (SSSR count). The first-order valence-electron chi connectivity index (χ1n) is 4.01. The first kappa shape index (κ1) is 15.3. The maximum Gasteiger partial charge on any atom is 0.250 e. The number of rotatable bonds is 5. The molecule has 0 aliphatic rings. The van der Waals surface area contributed by atoms with E-state index in [1.807, 2.05) is 0 Å². The standard InChI is InChI=1S/C7H11BrN2O2S2.ClH/c8-6-2-3-7(13-6)14(11,12)10-5-1-4-9;/h2-3,10H,1,4-5,9H2;1H. The second-order valence-corrected chi connectivity index (χ2v) is 7.06. The Bertz CT molecular complexity index is 393. The highest BCUT2D eigenvalue weighted by molar-refractivity contribution is 9.11. The summed E-state index contributed by atoms with van der Waals surface area (Å²) in [6, 6.07) is 3.28. The minimum Gasteiger partial charge on any atom is -0.330 e. The highest BCUT2D eigenvalue weighted by atomic mass is 79.9. The monoisotopic (exact) mass is 334 g/mol. The molecule has 0 aromatic carbocycles. The van der Waals surface area contributed by atoms with E-state index < -0.39 is 10.0 Å². The number of sulfonamides is 1. The molecule has 8 heteroatoms. The molecule has 0 amide bonds. The molecule has 0 aliphatic carbocycles. The van der Waals surface area contributed by atoms with E-state index in [1.54, 1.807) is 12.1 Å². The van der Waals surface area contributed by atoms with Crippen molar-refractivity contribution in [2.45, 2.75) is 10.6 Å². The molecule has 3 N–H and O–H groups in total. The van der Waals surface area contributed by atoms with Crippen LogP contribution in [0.4, 0.5) is 0 Å². The zero-order chi connectivity index (χ0) is 10.6. The molecule has 0 radical (unpaired) electrons. The first-order valence-corrected chi connectivity index (χ1v) is 7.10. The van der Waals surface area contributed by atoms with Gasteiger partial charge in [-0.15, -0.1) is 23.7 Å². The first-order chi connectivity index (χ1) is 6.56. The smallest absolute Gasteiger partial charge is 0.250 e. The van der Waals surface area contributed by atoms with Crippen molar-refractivity contribution in [3.8, 4) is 0 Å². The summed E-state index contributed by atoms with van der Waals surface area (Å²) in [5.74, 6) is 0. The lowest BCUT2D eigenvalue weighted by Gasteiger charge is -2.02. The van der Waals surface area contributed by atoms with E-state index >= 15 is 0 Å². The van der Waals surface area contributed by atoms with Gasteiger partial charge >= 0.3 is 0 Å². The Morgan fingerprint density at radius 1 is 1.47 bits per heavy atom. The number of halogens is 2. The van der Waals surface area contributed by atoms with Gasteiger partial charge in [0.2, 0.25) is 10.0 Å². The van der Waals surface area contributed by atoms with Crippen molar-refractivity contribution >= 4 is 49.7 Å². The van der Waals surface area contributed by atoms with Gasteiger partial charge in [0.15, 0.2) is 0 Å². The third kappa shape index (κ3) is 4.80. The summed E-state index contributed by atoms with van der Waals surface area (Å²) in [5.41, 5.74) is 5.26. The topological polar surface area (TPSA) is 72.2 Å². The van der Waals surface area contributed by atoms with Crippen molar-refractivity contribution in [1.29, 1.82) is 0 Å². The summed E-state index contributed by atoms with van der Waals surface area (Å²) < 4.78 is 26.7. The van der Waals surface area contributed by atoms with Crippen LogP contribution in [0.3, 0.4) is 0 Å². The van der Waals surface area contributed by atoms with E-state index in [0.717, 1.165) is 3.79 Å². The Hall–Kier alpha value is 0.340. The Morgan fingerprint density at radius 3 is 2.60 bits per heavy atom. The average Bonchev–Trinajstić information content (AvgIpc) is 2.53. The predicted molar refractivity (Wildman–Crippen MR) is 68.1 cm³/mol. The van der Waals surface area contributed by atoms with Crippen LogP contribution in [-0.2, 0) is 10.0 Å². The maximum atomic E-state index is 11.6. The van der Waals surface area contributed by atoms with Crippen LogP contribution in [-0.4, -0.2) is 21.5 Å². The molecule has 0 saturated heterocycles. The molecule has 0 aliphatic heterocycles. The molecule has 88 valence electrons. The molecule has 0 spiro atoms. The van der Waals surface area contributed by atoms with Gasteiger partial charge in [-0.2, -0.15) is 0 Å². The zero-order valence-electron chi connectivity index (χ0n) is 7.77. The third-order valence-corrected chi connectivity index (χ3v) is 5.06. The van der Waals surface area contributed by atoms with Crippen LogP contribution in [0.5, 0.6) is 0 Å². The van der Waals surface area contributed by atoms with E-state index in [4.69, 9.17) is 5.73 Å². The van der Waals surface area contributed by atoms with Crippen molar-refractivity contribution in [3.05, 3.63) is 15.9 Å². The van der Waals surface area contributed by atoms with Crippen LogP contribution < -0.4 is 10.5 Å². The van der Waals surface area contributed by atoms with Gasteiger partial charge in [0.05, 0.1) is 3.79 Å². The molecular weight excluding hydrogens is 324 g/mol. The molecule has 0 fully saturated rings. The molecule has 0 saturated carbocycles. The molecule has 1 aromatic rings. The molecule has 1 aromatic heterocycles. The molecule has 0 unspecified atom stereocenters. The van der Waals surface area contributed by atoms with Crippen LogP contribution in [0.2, 0.25) is 0 Å². The van der Waals surface area contributed by atoms with Gasteiger partial charge < -0.3 is 5.73 Å². The minimum absolute atomic E-state index is 0. The zero-order valence-corrected chi connectivity index (χ0v) is 11.8. The SMILES string of the molecule is Cl.NCCCNS(=O)(=O)c1ccc(Br)s1. The lowest BCUT2D eigenvalue weighted by Crippen LogP contribution is -2.25. The number of nitrogens with one attached hydrogen (secondary N) is 1. The van der Waals surface area contributed by atoms with Crippen LogP contribution in [0, 0.1) is 0 Å². The summed E-state index contributed by atoms with van der Waals surface area (Å²) in [6.07, 6.45) is 0.645. The Balaban J connectivity index is 0.00000196. The number of thiophene rings is 1. The summed E-state index contributed by atoms with van der Waals surface area (Å²) in [4.78, 5) is 0. The van der Waals surface area contributed by atoms with Gasteiger partial charge in [-0.3, -0.25) is 0 Å². The van der Waals surface area contributed by atoms with Crippen molar-refractivity contribution in [2.75, 3.05) is 13.1 Å². The lowest BCUT2D eigenvalue weighted by atomic mass is 10.4. The summed E-state index contributed by atoms with van der Waals surface area (Å²) >= 11 is 4.40. The molecule has 15 heavy (non-hydrogen) atoms. The second kappa shape index (κ2) is 6.82. The van der Waals surface area contributed by atoms with E-state index in [2.05, 4.69) is 20.7 Å². The van der Waals surface area contributed by atoms with E-state index in [9.17, 15) is 8.42 Å². The lowest BCUT2D eigenvalue weighted by molar-refractivity contribution is 0.581. The van der Waals surface area contributed by atoms with Crippen molar-refractivity contribution < 1.29 is 8.42 Å². The third-order valence-electron chi connectivity index (χ3n) is 1.49. The number of nitrogens with two attached hydrogens (primary N) is 1. The molecular formula is C7H12BrClN2O2S2. The van der Waals surface area contributed by atoms with Crippen LogP contribution in [0.1, 0.15) is 6.42 Å². The number of hydrogen-bond acceptors (Lipinski definition) is 4. The van der Waals surface area contributed by atoms with Gasteiger partial charge in [0.1, 0.15) is 4.21 Å². The molecule has 0 bridgehead atoms. The van der Waals surface area contributed by atoms with E-state index in [-0.39, 0.29) is 12.4 Å². The van der Waals surface area contributed by atoms with E-state index in [0.29, 0.717) is 23.7 Å². The molecule has 1 heterocycles. The highest BCUT2D eigenvalue weighted by Crippen LogP contribution is 2.25. The Morgan fingerprint density at radius 2 is 2.13 bits per heavy atom. The molecule has 4 nitrogen and oxygen atoms in total. The molecule has 0 atom stereocenters. The Labute approximate surface area is 108 Å². The van der Waals surface area contributed by atoms with Crippen LogP contribution in [0.25, 0.3) is 0 Å². The fourth-order valence-corrected chi connectivity index (χ4v) is 3.95. The quantitative estimate of drug-likeness (QED) is 0.802. The maximum absolute atomic E-state index is 11.6. The normalized spacial score (nSPS) is 11.1. The largest absolute Gasteiger partial charge is 0.330 e. The van der Waals surface area contributed by atoms with Crippen LogP contribution >= 0.6 is 39.7 Å². The van der Waals surface area contributed by atoms with Crippen molar-refractivity contribution in [3.63, 3.8) is 0 Å². The second-order valence-electron chi connectivity index (χ2n) is 2.60. The number of hydrogen-bond donors (Lipinski definition) is 2. The van der Waals surface area contributed by atoms with Gasteiger partial charge in [0, 0.05) is 6.54 Å². The van der Waals surface area contributed by atoms with Crippen LogP contribution in [0.15, 0.2) is 20.1 Å². The summed E-state index contributed by atoms with van der Waals surface area (Å²) in [6.45, 7) is 0.866. The average molecular weight is 336 g/mol. The van der Waals surface area contributed by atoms with E-state index in [1.165, 1.54) is 11.3 Å². The Kier molecular flexibility index (Phi) is 6.98. The summed E-state index contributed by atoms with van der Waals surface area (Å²) in [7, 11) is -3.33. The fraction of sp³-hybridized carbons (Fsp3) is 0.429. The van der Waals surface area contributed by atoms with Crippen molar-refractivity contribution in [1.82, 2.24) is 4.72 Å². The van der Waals surface area contributed by atoms with Gasteiger partial charge in [-0.05, 0) is 41.0 Å². The summed E-state index contributed by atoms with van der Waals surface area (Å²) in [5, 5.41) is 0. The fourth-order valence-electron chi connectivity index (χ4n) is 0.822. The van der Waals surface area contributed by atoms with Crippen molar-refractivity contribution in [2.24, 2.45) is 5.73 Å².